The second-order valence-corrected chi connectivity index (χ2v) is 7.42. The van der Waals surface area contributed by atoms with E-state index in [0.717, 1.165) is 29.9 Å². The monoisotopic (exact) mass is 338 g/mol. The molecule has 1 aliphatic heterocycles. The van der Waals surface area contributed by atoms with Crippen molar-refractivity contribution in [3.63, 3.8) is 0 Å². The van der Waals surface area contributed by atoms with Crippen molar-refractivity contribution < 1.29 is 9.53 Å². The number of nitrogens with zero attached hydrogens (tertiary/aromatic N) is 2. The maximum atomic E-state index is 12.5. The van der Waals surface area contributed by atoms with Gasteiger partial charge in [-0.1, -0.05) is 36.6 Å². The number of hydrogen-bond donors (Lipinski definition) is 1. The van der Waals surface area contributed by atoms with Crippen molar-refractivity contribution in [3.8, 4) is 11.3 Å². The molecular weight excluding hydrogens is 313 g/mol. The van der Waals surface area contributed by atoms with Crippen LogP contribution in [0.4, 0.5) is 4.79 Å². The fourth-order valence-electron chi connectivity index (χ4n) is 3.10. The summed E-state index contributed by atoms with van der Waals surface area (Å²) in [5.74, 6) is 0.824. The first-order chi connectivity index (χ1) is 11.9. The zero-order valence-electron chi connectivity index (χ0n) is 15.4. The largest absolute Gasteiger partial charge is 0.444 e. The van der Waals surface area contributed by atoms with E-state index in [1.807, 2.05) is 33.8 Å². The Labute approximate surface area is 150 Å². The van der Waals surface area contributed by atoms with E-state index in [1.54, 1.807) is 4.90 Å². The van der Waals surface area contributed by atoms with Gasteiger partial charge in [-0.05, 0) is 39.2 Å². The third kappa shape index (κ3) is 4.06. The van der Waals surface area contributed by atoms with Crippen LogP contribution in [-0.2, 0) is 4.74 Å². The quantitative estimate of drug-likeness (QED) is 0.871. The number of rotatable bonds is 3. The summed E-state index contributed by atoms with van der Waals surface area (Å²) in [5.41, 5.74) is 2.76. The summed E-state index contributed by atoms with van der Waals surface area (Å²) in [6, 6.07) is 8.27. The molecule has 1 aliphatic rings. The fourth-order valence-corrected chi connectivity index (χ4v) is 3.10. The van der Waals surface area contributed by atoms with E-state index < -0.39 is 5.60 Å². The predicted molar refractivity (Wildman–Crippen MR) is 100 cm³/mol. The van der Waals surface area contributed by atoms with Gasteiger partial charge in [-0.25, -0.2) is 9.78 Å². The molecule has 25 heavy (non-hydrogen) atoms. The minimum Gasteiger partial charge on any atom is -0.444 e. The number of carbonyl (C=O) groups excluding carboxylic acids is 1. The Hall–Kier alpha value is -2.24. The van der Waals surface area contributed by atoms with E-state index in [-0.39, 0.29) is 12.1 Å². The van der Waals surface area contributed by atoms with Crippen molar-refractivity contribution in [2.75, 3.05) is 6.54 Å². The number of nitrogens with one attached hydrogen (secondary N) is 1. The van der Waals surface area contributed by atoms with Gasteiger partial charge in [0.05, 0.1) is 17.9 Å². The van der Waals surface area contributed by atoms with E-state index in [2.05, 4.69) is 41.5 Å². The van der Waals surface area contributed by atoms with Gasteiger partial charge in [0, 0.05) is 6.54 Å². The molecule has 1 fully saturated rings. The minimum absolute atomic E-state index is 0.0492. The molecule has 0 aliphatic carbocycles. The molecule has 1 radical (unpaired) electrons. The van der Waals surface area contributed by atoms with Crippen LogP contribution in [-0.4, -0.2) is 40.4 Å². The average Bonchev–Trinajstić information content (AvgIpc) is 3.22. The maximum absolute atomic E-state index is 12.5. The lowest BCUT2D eigenvalue weighted by molar-refractivity contribution is 0.0219. The van der Waals surface area contributed by atoms with Crippen molar-refractivity contribution in [1.82, 2.24) is 14.9 Å². The normalized spacial score (nSPS) is 17.6. The summed E-state index contributed by atoms with van der Waals surface area (Å²) in [4.78, 5) is 22.2. The topological polar surface area (TPSA) is 58.2 Å². The zero-order valence-corrected chi connectivity index (χ0v) is 15.4. The van der Waals surface area contributed by atoms with Crippen LogP contribution in [0.15, 0.2) is 30.5 Å². The van der Waals surface area contributed by atoms with Gasteiger partial charge in [0.15, 0.2) is 0 Å². The van der Waals surface area contributed by atoms with E-state index >= 15 is 0 Å². The zero-order chi connectivity index (χ0) is 18.0. The summed E-state index contributed by atoms with van der Waals surface area (Å²) < 4.78 is 5.53. The molecule has 131 valence electrons. The molecule has 0 unspecified atom stereocenters. The van der Waals surface area contributed by atoms with Gasteiger partial charge in [-0.2, -0.15) is 0 Å². The molecule has 1 aromatic carbocycles. The van der Waals surface area contributed by atoms with E-state index in [1.165, 1.54) is 5.46 Å². The van der Waals surface area contributed by atoms with Gasteiger partial charge >= 0.3 is 6.09 Å². The third-order valence-corrected chi connectivity index (χ3v) is 4.35. The number of hydrogen-bond acceptors (Lipinski definition) is 3. The standard InChI is InChI=1S/C19H25BN3O2/c1-19(2,3)25-18(24)23-11-5-6-16(23)17-21-12-15(22-17)13-7-9-14(20-4)10-8-13/h7-10,12,16H,5-6,11H2,1-4H3,(H,21,22)/t16-/m0/s1. The van der Waals surface area contributed by atoms with Crippen LogP contribution >= 0.6 is 0 Å². The highest BCUT2D eigenvalue weighted by atomic mass is 16.6. The number of benzene rings is 1. The molecule has 1 saturated heterocycles. The van der Waals surface area contributed by atoms with Gasteiger partial charge in [-0.3, -0.25) is 4.90 Å². The Morgan fingerprint density at radius 3 is 2.68 bits per heavy atom. The van der Waals surface area contributed by atoms with Crippen LogP contribution in [0.5, 0.6) is 0 Å². The van der Waals surface area contributed by atoms with Crippen LogP contribution in [0.1, 0.15) is 45.5 Å². The summed E-state index contributed by atoms with van der Waals surface area (Å²) in [6.07, 6.45) is 3.43. The van der Waals surface area contributed by atoms with Crippen molar-refractivity contribution >= 4 is 18.8 Å². The second-order valence-electron chi connectivity index (χ2n) is 7.42. The molecular formula is C19H25BN3O2. The number of H-pyrrole nitrogens is 1. The van der Waals surface area contributed by atoms with Crippen LogP contribution in [0.3, 0.4) is 0 Å². The first kappa shape index (κ1) is 17.6. The molecule has 1 atom stereocenters. The molecule has 5 nitrogen and oxygen atoms in total. The first-order valence-corrected chi connectivity index (χ1v) is 8.82. The van der Waals surface area contributed by atoms with Gasteiger partial charge in [-0.15, -0.1) is 0 Å². The Bertz CT molecular complexity index is 734. The van der Waals surface area contributed by atoms with Crippen molar-refractivity contribution in [2.24, 2.45) is 0 Å². The molecule has 1 amide bonds. The molecule has 2 heterocycles. The fraction of sp³-hybridized carbons (Fsp3) is 0.474. The Morgan fingerprint density at radius 2 is 2.04 bits per heavy atom. The van der Waals surface area contributed by atoms with Crippen LogP contribution in [0.2, 0.25) is 6.82 Å². The van der Waals surface area contributed by atoms with Gasteiger partial charge < -0.3 is 9.72 Å². The number of aromatic nitrogens is 2. The molecule has 1 aromatic heterocycles. The number of amides is 1. The Kier molecular flexibility index (Phi) is 4.88. The highest BCUT2D eigenvalue weighted by Gasteiger charge is 2.34. The molecule has 0 bridgehead atoms. The molecule has 2 aromatic rings. The molecule has 0 spiro atoms. The van der Waals surface area contributed by atoms with Crippen molar-refractivity contribution in [2.45, 2.75) is 52.1 Å². The molecule has 1 N–H and O–H groups in total. The number of ether oxygens (including phenoxy) is 1. The van der Waals surface area contributed by atoms with Crippen molar-refractivity contribution in [3.05, 3.63) is 36.3 Å². The van der Waals surface area contributed by atoms with Crippen molar-refractivity contribution in [1.29, 1.82) is 0 Å². The van der Waals surface area contributed by atoms with Gasteiger partial charge in [0.1, 0.15) is 18.7 Å². The highest BCUT2D eigenvalue weighted by molar-refractivity contribution is 6.51. The summed E-state index contributed by atoms with van der Waals surface area (Å²) in [6.45, 7) is 8.39. The maximum Gasteiger partial charge on any atom is 0.410 e. The summed E-state index contributed by atoms with van der Waals surface area (Å²) >= 11 is 0. The van der Waals surface area contributed by atoms with E-state index in [9.17, 15) is 4.79 Å². The molecule has 0 saturated carbocycles. The van der Waals surface area contributed by atoms with E-state index in [0.29, 0.717) is 6.54 Å². The number of aromatic amines is 1. The van der Waals surface area contributed by atoms with Crippen LogP contribution in [0.25, 0.3) is 11.3 Å². The number of likely N-dealkylation sites (tertiary alicyclic amines) is 1. The third-order valence-electron chi connectivity index (χ3n) is 4.35. The summed E-state index contributed by atoms with van der Waals surface area (Å²) in [5, 5.41) is 0. The average molecular weight is 338 g/mol. The Morgan fingerprint density at radius 1 is 1.32 bits per heavy atom. The Balaban J connectivity index is 1.77. The van der Waals surface area contributed by atoms with Gasteiger partial charge in [0.2, 0.25) is 0 Å². The smallest absolute Gasteiger partial charge is 0.410 e. The molecule has 6 heteroatoms. The lowest BCUT2D eigenvalue weighted by Crippen LogP contribution is -2.36. The van der Waals surface area contributed by atoms with Crippen LogP contribution < -0.4 is 5.46 Å². The SMILES string of the molecule is C[B]c1ccc(-c2cnc([C@@H]3CCCN3C(=O)OC(C)(C)C)[nH]2)cc1. The lowest BCUT2D eigenvalue weighted by atomic mass is 9.73. The molecule has 3 rings (SSSR count). The second kappa shape index (κ2) is 6.94. The van der Waals surface area contributed by atoms with E-state index in [4.69, 9.17) is 4.74 Å². The van der Waals surface area contributed by atoms with Gasteiger partial charge in [0.25, 0.3) is 0 Å². The summed E-state index contributed by atoms with van der Waals surface area (Å²) in [7, 11) is 2.07. The number of imidazole rings is 1. The van der Waals surface area contributed by atoms with Crippen LogP contribution in [0, 0.1) is 0 Å². The highest BCUT2D eigenvalue weighted by Crippen LogP contribution is 2.32. The first-order valence-electron chi connectivity index (χ1n) is 8.82. The predicted octanol–water partition coefficient (Wildman–Crippen LogP) is 3.53. The minimum atomic E-state index is -0.489. The number of carbonyl (C=O) groups is 1. The lowest BCUT2D eigenvalue weighted by Gasteiger charge is -2.27.